The molecule has 3 aliphatic rings. The Morgan fingerprint density at radius 1 is 1.17 bits per heavy atom. The van der Waals surface area contributed by atoms with Gasteiger partial charge in [0, 0.05) is 31.8 Å². The first-order valence-electron chi connectivity index (χ1n) is 7.16. The minimum atomic E-state index is -0.284. The van der Waals surface area contributed by atoms with E-state index in [-0.39, 0.29) is 6.03 Å². The average Bonchev–Trinajstić information content (AvgIpc) is 3.11. The molecule has 5 heteroatoms. The average molecular weight is 253 g/mol. The van der Waals surface area contributed by atoms with Gasteiger partial charge in [0.2, 0.25) is 0 Å². The molecule has 2 amide bonds. The van der Waals surface area contributed by atoms with E-state index in [9.17, 15) is 4.79 Å². The molecule has 2 unspecified atom stereocenters. The van der Waals surface area contributed by atoms with E-state index in [2.05, 4.69) is 5.32 Å². The largest absolute Gasteiger partial charge is 0.376 e. The number of urea groups is 1. The van der Waals surface area contributed by atoms with Gasteiger partial charge in [-0.3, -0.25) is 0 Å². The number of hydrogen-bond acceptors (Lipinski definition) is 3. The maximum absolute atomic E-state index is 11.1. The van der Waals surface area contributed by atoms with Crippen LogP contribution in [-0.2, 0) is 4.74 Å². The molecule has 5 nitrogen and oxygen atoms in total. The third-order valence-electron chi connectivity index (χ3n) is 4.48. The summed E-state index contributed by atoms with van der Waals surface area (Å²) in [5, 5.41) is 3.74. The van der Waals surface area contributed by atoms with Crippen molar-refractivity contribution in [1.29, 1.82) is 0 Å². The molecular weight excluding hydrogens is 230 g/mol. The Hall–Kier alpha value is -0.810. The Labute approximate surface area is 108 Å². The van der Waals surface area contributed by atoms with Gasteiger partial charge in [-0.15, -0.1) is 0 Å². The highest BCUT2D eigenvalue weighted by atomic mass is 16.5. The van der Waals surface area contributed by atoms with Crippen molar-refractivity contribution >= 4 is 6.03 Å². The molecule has 3 fully saturated rings. The molecular formula is C13H23N3O2. The molecule has 0 spiro atoms. The van der Waals surface area contributed by atoms with Crippen LogP contribution in [0.25, 0.3) is 0 Å². The zero-order valence-corrected chi connectivity index (χ0v) is 10.8. The minimum absolute atomic E-state index is 0.284. The number of nitrogens with two attached hydrogens (primary N) is 1. The zero-order valence-electron chi connectivity index (χ0n) is 10.8. The van der Waals surface area contributed by atoms with Gasteiger partial charge in [0.25, 0.3) is 0 Å². The number of ether oxygens (including phenoxy) is 1. The summed E-state index contributed by atoms with van der Waals surface area (Å²) in [6.45, 7) is 2.47. The lowest BCUT2D eigenvalue weighted by Gasteiger charge is -2.34. The van der Waals surface area contributed by atoms with Crippen molar-refractivity contribution in [2.45, 2.75) is 50.3 Å². The van der Waals surface area contributed by atoms with Gasteiger partial charge in [-0.2, -0.15) is 0 Å². The van der Waals surface area contributed by atoms with Crippen LogP contribution in [0.5, 0.6) is 0 Å². The van der Waals surface area contributed by atoms with Crippen molar-refractivity contribution in [3.8, 4) is 0 Å². The second-order valence-corrected chi connectivity index (χ2v) is 5.83. The number of nitrogens with zero attached hydrogens (tertiary/aromatic N) is 1. The summed E-state index contributed by atoms with van der Waals surface area (Å²) in [4.78, 5) is 12.8. The topological polar surface area (TPSA) is 67.6 Å². The van der Waals surface area contributed by atoms with Crippen LogP contribution in [0.2, 0.25) is 0 Å². The van der Waals surface area contributed by atoms with Crippen LogP contribution in [0.1, 0.15) is 32.1 Å². The second-order valence-electron chi connectivity index (χ2n) is 5.83. The number of hydrogen-bond donors (Lipinski definition) is 2. The van der Waals surface area contributed by atoms with E-state index in [0.717, 1.165) is 44.9 Å². The monoisotopic (exact) mass is 253 g/mol. The van der Waals surface area contributed by atoms with Crippen molar-refractivity contribution in [3.05, 3.63) is 0 Å². The van der Waals surface area contributed by atoms with E-state index < -0.39 is 0 Å². The molecule has 2 atom stereocenters. The molecule has 0 bridgehead atoms. The maximum Gasteiger partial charge on any atom is 0.314 e. The predicted octanol–water partition coefficient (Wildman–Crippen LogP) is 0.687. The van der Waals surface area contributed by atoms with Gasteiger partial charge >= 0.3 is 6.03 Å². The number of piperidine rings is 1. The van der Waals surface area contributed by atoms with E-state index >= 15 is 0 Å². The van der Waals surface area contributed by atoms with Gasteiger partial charge in [-0.25, -0.2) is 4.79 Å². The van der Waals surface area contributed by atoms with E-state index in [1.807, 2.05) is 0 Å². The molecule has 0 aromatic heterocycles. The minimum Gasteiger partial charge on any atom is -0.376 e. The number of likely N-dealkylation sites (tertiary alicyclic amines) is 1. The lowest BCUT2D eigenvalue weighted by molar-refractivity contribution is 0.0764. The summed E-state index contributed by atoms with van der Waals surface area (Å²) in [6.07, 6.45) is 6.27. The number of carbonyl (C=O) groups excluding carboxylic acids is 1. The van der Waals surface area contributed by atoms with Gasteiger partial charge in [-0.1, -0.05) is 0 Å². The summed E-state index contributed by atoms with van der Waals surface area (Å²) < 4.78 is 5.84. The molecule has 1 saturated carbocycles. The normalized spacial score (nSPS) is 33.9. The van der Waals surface area contributed by atoms with Crippen molar-refractivity contribution in [3.63, 3.8) is 0 Å². The van der Waals surface area contributed by atoms with Crippen LogP contribution in [0, 0.1) is 5.92 Å². The smallest absolute Gasteiger partial charge is 0.314 e. The van der Waals surface area contributed by atoms with E-state index in [1.165, 1.54) is 12.8 Å². The fourth-order valence-electron chi connectivity index (χ4n) is 3.25. The highest BCUT2D eigenvalue weighted by Gasteiger charge is 2.41. The molecule has 102 valence electrons. The molecule has 0 radical (unpaired) electrons. The molecule has 2 saturated heterocycles. The van der Waals surface area contributed by atoms with Crippen LogP contribution in [0.4, 0.5) is 4.79 Å². The number of amides is 2. The predicted molar refractivity (Wildman–Crippen MR) is 68.2 cm³/mol. The molecule has 18 heavy (non-hydrogen) atoms. The van der Waals surface area contributed by atoms with E-state index in [4.69, 9.17) is 10.5 Å². The van der Waals surface area contributed by atoms with Gasteiger partial charge in [0.1, 0.15) is 0 Å². The summed E-state index contributed by atoms with van der Waals surface area (Å²) in [6, 6.07) is 0.768. The lowest BCUT2D eigenvalue weighted by Crippen LogP contribution is -2.51. The first-order valence-corrected chi connectivity index (χ1v) is 7.16. The van der Waals surface area contributed by atoms with Gasteiger partial charge in [0.05, 0.1) is 6.10 Å². The van der Waals surface area contributed by atoms with E-state index in [0.29, 0.717) is 18.2 Å². The molecule has 2 heterocycles. The fraction of sp³-hybridized carbons (Fsp3) is 0.923. The Morgan fingerprint density at radius 2 is 1.89 bits per heavy atom. The van der Waals surface area contributed by atoms with Crippen LogP contribution in [0.3, 0.4) is 0 Å². The van der Waals surface area contributed by atoms with Gasteiger partial charge in [0.15, 0.2) is 0 Å². The number of nitrogens with one attached hydrogen (secondary N) is 1. The Balaban J connectivity index is 1.47. The standard InChI is InChI=1S/C13H23N3O2/c14-13(17)16-6-3-10(4-7-16)15-11-5-8-18-12(11)9-1-2-9/h9-12,15H,1-8H2,(H2,14,17). The van der Waals surface area contributed by atoms with Crippen molar-refractivity contribution in [2.24, 2.45) is 11.7 Å². The van der Waals surface area contributed by atoms with E-state index in [1.54, 1.807) is 4.90 Å². The second kappa shape index (κ2) is 5.05. The van der Waals surface area contributed by atoms with Crippen LogP contribution in [-0.4, -0.2) is 48.8 Å². The fourth-order valence-corrected chi connectivity index (χ4v) is 3.25. The maximum atomic E-state index is 11.1. The molecule has 3 rings (SSSR count). The SMILES string of the molecule is NC(=O)N1CCC(NC2CCOC2C2CC2)CC1. The highest BCUT2D eigenvalue weighted by molar-refractivity contribution is 5.72. The quantitative estimate of drug-likeness (QED) is 0.777. The van der Waals surface area contributed by atoms with Crippen LogP contribution >= 0.6 is 0 Å². The summed E-state index contributed by atoms with van der Waals surface area (Å²) in [5.74, 6) is 0.802. The Morgan fingerprint density at radius 3 is 2.50 bits per heavy atom. The van der Waals surface area contributed by atoms with Crippen molar-refractivity contribution in [1.82, 2.24) is 10.2 Å². The van der Waals surface area contributed by atoms with Crippen molar-refractivity contribution in [2.75, 3.05) is 19.7 Å². The Kier molecular flexibility index (Phi) is 3.43. The third kappa shape index (κ3) is 2.62. The van der Waals surface area contributed by atoms with Crippen LogP contribution < -0.4 is 11.1 Å². The van der Waals surface area contributed by atoms with Crippen molar-refractivity contribution < 1.29 is 9.53 Å². The molecule has 3 N–H and O–H groups in total. The molecule has 2 aliphatic heterocycles. The first-order chi connectivity index (χ1) is 8.74. The number of rotatable bonds is 3. The summed E-state index contributed by atoms with van der Waals surface area (Å²) in [5.41, 5.74) is 5.29. The molecule has 0 aromatic carbocycles. The van der Waals surface area contributed by atoms with Crippen LogP contribution in [0.15, 0.2) is 0 Å². The highest BCUT2D eigenvalue weighted by Crippen LogP contribution is 2.39. The summed E-state index contributed by atoms with van der Waals surface area (Å²) in [7, 11) is 0. The van der Waals surface area contributed by atoms with Gasteiger partial charge < -0.3 is 20.7 Å². The molecule has 0 aromatic rings. The lowest BCUT2D eigenvalue weighted by atomic mass is 10.0. The molecule has 1 aliphatic carbocycles. The Bertz CT molecular complexity index is 311. The zero-order chi connectivity index (χ0) is 12.5. The number of carbonyl (C=O) groups is 1. The third-order valence-corrected chi connectivity index (χ3v) is 4.48. The van der Waals surface area contributed by atoms with Gasteiger partial charge in [-0.05, 0) is 38.0 Å². The first kappa shape index (κ1) is 12.2. The summed E-state index contributed by atoms with van der Waals surface area (Å²) >= 11 is 0. The number of primary amides is 1.